The van der Waals surface area contributed by atoms with Crippen LogP contribution in [0.1, 0.15) is 63.3 Å². The summed E-state index contributed by atoms with van der Waals surface area (Å²) in [4.78, 5) is 41.3. The predicted octanol–water partition coefficient (Wildman–Crippen LogP) is 3.79. The molecule has 0 bridgehead atoms. The molecule has 5 heteroatoms. The molecule has 0 aromatic heterocycles. The minimum atomic E-state index is -0.317. The van der Waals surface area contributed by atoms with Crippen molar-refractivity contribution in [3.63, 3.8) is 0 Å². The second-order valence-corrected chi connectivity index (χ2v) is 7.00. The fraction of sp³-hybridized carbons (Fsp3) is 0.348. The van der Waals surface area contributed by atoms with Crippen molar-refractivity contribution in [2.24, 2.45) is 0 Å². The van der Waals surface area contributed by atoms with Gasteiger partial charge < -0.3 is 4.90 Å². The molecule has 146 valence electrons. The van der Waals surface area contributed by atoms with E-state index in [4.69, 9.17) is 0 Å². The molecule has 5 nitrogen and oxygen atoms in total. The third-order valence-corrected chi connectivity index (χ3v) is 5.14. The summed E-state index contributed by atoms with van der Waals surface area (Å²) in [6, 6.07) is 14.6. The number of unbranched alkanes of at least 4 members (excludes halogenated alkanes) is 1. The molecule has 2 aromatic rings. The average Bonchev–Trinajstić information content (AvgIpc) is 2.97. The van der Waals surface area contributed by atoms with Crippen molar-refractivity contribution < 1.29 is 14.4 Å². The number of rotatable bonds is 8. The lowest BCUT2D eigenvalue weighted by Gasteiger charge is -2.20. The van der Waals surface area contributed by atoms with Crippen LogP contribution in [0.3, 0.4) is 0 Å². The van der Waals surface area contributed by atoms with Gasteiger partial charge in [-0.15, -0.1) is 0 Å². The SMILES string of the molecule is CCCCN(CC)C(=O)c1ccc2c(c1)C(=O)N(CCc1ccccc1)C2=O. The number of benzene rings is 2. The van der Waals surface area contributed by atoms with Crippen LogP contribution in [0.5, 0.6) is 0 Å². The number of hydrogen-bond acceptors (Lipinski definition) is 3. The van der Waals surface area contributed by atoms with Gasteiger partial charge in [-0.05, 0) is 43.5 Å². The molecule has 28 heavy (non-hydrogen) atoms. The predicted molar refractivity (Wildman–Crippen MR) is 108 cm³/mol. The average molecular weight is 378 g/mol. The number of amides is 3. The standard InChI is InChI=1S/C23H26N2O3/c1-3-5-14-24(4-2)21(26)18-11-12-19-20(16-18)23(28)25(22(19)27)15-13-17-9-7-6-8-10-17/h6-12,16H,3-5,13-15H2,1-2H3. The van der Waals surface area contributed by atoms with E-state index < -0.39 is 0 Å². The Hall–Kier alpha value is -2.95. The van der Waals surface area contributed by atoms with Gasteiger partial charge in [-0.1, -0.05) is 43.7 Å². The normalized spacial score (nSPS) is 13.0. The van der Waals surface area contributed by atoms with E-state index in [0.29, 0.717) is 42.7 Å². The third kappa shape index (κ3) is 3.98. The van der Waals surface area contributed by atoms with Gasteiger partial charge >= 0.3 is 0 Å². The van der Waals surface area contributed by atoms with Crippen molar-refractivity contribution in [3.8, 4) is 0 Å². The van der Waals surface area contributed by atoms with Gasteiger partial charge in [-0.2, -0.15) is 0 Å². The molecular formula is C23H26N2O3. The fourth-order valence-corrected chi connectivity index (χ4v) is 3.45. The molecule has 0 saturated carbocycles. The first-order valence-corrected chi connectivity index (χ1v) is 9.90. The van der Waals surface area contributed by atoms with E-state index in [1.165, 1.54) is 4.90 Å². The Morgan fingerprint density at radius 2 is 1.68 bits per heavy atom. The minimum Gasteiger partial charge on any atom is -0.339 e. The van der Waals surface area contributed by atoms with Crippen LogP contribution in [0, 0.1) is 0 Å². The zero-order chi connectivity index (χ0) is 20.1. The third-order valence-electron chi connectivity index (χ3n) is 5.14. The highest BCUT2D eigenvalue weighted by Crippen LogP contribution is 2.25. The zero-order valence-electron chi connectivity index (χ0n) is 16.5. The van der Waals surface area contributed by atoms with E-state index in [1.54, 1.807) is 23.1 Å². The summed E-state index contributed by atoms with van der Waals surface area (Å²) in [6.07, 6.45) is 2.56. The highest BCUT2D eigenvalue weighted by atomic mass is 16.2. The molecule has 0 fully saturated rings. The largest absolute Gasteiger partial charge is 0.339 e. The van der Waals surface area contributed by atoms with E-state index in [1.807, 2.05) is 37.3 Å². The summed E-state index contributed by atoms with van der Waals surface area (Å²) < 4.78 is 0. The Bertz CT molecular complexity index is 877. The summed E-state index contributed by atoms with van der Waals surface area (Å²) in [6.45, 7) is 5.67. The lowest BCUT2D eigenvalue weighted by atomic mass is 10.0. The van der Waals surface area contributed by atoms with Crippen molar-refractivity contribution in [2.75, 3.05) is 19.6 Å². The van der Waals surface area contributed by atoms with Crippen LogP contribution in [-0.2, 0) is 6.42 Å². The van der Waals surface area contributed by atoms with Crippen molar-refractivity contribution in [1.82, 2.24) is 9.80 Å². The molecule has 0 radical (unpaired) electrons. The summed E-state index contributed by atoms with van der Waals surface area (Å²) in [5.41, 5.74) is 2.24. The topological polar surface area (TPSA) is 57.7 Å². The number of hydrogen-bond donors (Lipinski definition) is 0. The molecule has 0 aliphatic carbocycles. The summed E-state index contributed by atoms with van der Waals surface area (Å²) in [5.74, 6) is -0.697. The van der Waals surface area contributed by atoms with Gasteiger partial charge in [0.2, 0.25) is 0 Å². The highest BCUT2D eigenvalue weighted by molar-refractivity contribution is 6.22. The molecule has 2 aromatic carbocycles. The van der Waals surface area contributed by atoms with Gasteiger partial charge in [0.1, 0.15) is 0 Å². The fourth-order valence-electron chi connectivity index (χ4n) is 3.45. The minimum absolute atomic E-state index is 0.0956. The summed E-state index contributed by atoms with van der Waals surface area (Å²) in [7, 11) is 0. The highest BCUT2D eigenvalue weighted by Gasteiger charge is 2.35. The molecule has 0 atom stereocenters. The van der Waals surface area contributed by atoms with Gasteiger partial charge in [0.25, 0.3) is 17.7 Å². The Kier molecular flexibility index (Phi) is 6.24. The maximum Gasteiger partial charge on any atom is 0.261 e. The van der Waals surface area contributed by atoms with Crippen LogP contribution in [0.4, 0.5) is 0 Å². The Morgan fingerprint density at radius 1 is 0.964 bits per heavy atom. The van der Waals surface area contributed by atoms with E-state index in [-0.39, 0.29) is 17.7 Å². The van der Waals surface area contributed by atoms with Crippen LogP contribution >= 0.6 is 0 Å². The summed E-state index contributed by atoms with van der Waals surface area (Å²) >= 11 is 0. The van der Waals surface area contributed by atoms with Gasteiger partial charge in [-0.25, -0.2) is 0 Å². The van der Waals surface area contributed by atoms with E-state index in [2.05, 4.69) is 6.92 Å². The zero-order valence-corrected chi connectivity index (χ0v) is 16.5. The van der Waals surface area contributed by atoms with Crippen molar-refractivity contribution in [3.05, 3.63) is 70.8 Å². The number of nitrogens with zero attached hydrogens (tertiary/aromatic N) is 2. The molecular weight excluding hydrogens is 352 g/mol. The molecule has 3 rings (SSSR count). The molecule has 1 heterocycles. The van der Waals surface area contributed by atoms with E-state index >= 15 is 0 Å². The maximum atomic E-state index is 12.8. The second-order valence-electron chi connectivity index (χ2n) is 7.00. The van der Waals surface area contributed by atoms with E-state index in [9.17, 15) is 14.4 Å². The number of imide groups is 1. The maximum absolute atomic E-state index is 12.8. The number of carbonyl (C=O) groups is 3. The van der Waals surface area contributed by atoms with Crippen molar-refractivity contribution in [2.45, 2.75) is 33.1 Å². The Balaban J connectivity index is 1.76. The monoisotopic (exact) mass is 378 g/mol. The second kappa shape index (κ2) is 8.83. The smallest absolute Gasteiger partial charge is 0.261 e. The molecule has 0 N–H and O–H groups in total. The first-order valence-electron chi connectivity index (χ1n) is 9.90. The van der Waals surface area contributed by atoms with Gasteiger partial charge in [0, 0.05) is 25.2 Å². The molecule has 3 amide bonds. The summed E-state index contributed by atoms with van der Waals surface area (Å²) in [5, 5.41) is 0. The quantitative estimate of drug-likeness (QED) is 0.657. The molecule has 0 unspecified atom stereocenters. The lowest BCUT2D eigenvalue weighted by Crippen LogP contribution is -2.32. The molecule has 0 saturated heterocycles. The first kappa shape index (κ1) is 19.8. The Morgan fingerprint density at radius 3 is 2.36 bits per heavy atom. The molecule has 1 aliphatic heterocycles. The van der Waals surface area contributed by atoms with Crippen LogP contribution in [0.25, 0.3) is 0 Å². The van der Waals surface area contributed by atoms with Crippen LogP contribution in [0.2, 0.25) is 0 Å². The molecule has 0 spiro atoms. The van der Waals surface area contributed by atoms with Crippen molar-refractivity contribution in [1.29, 1.82) is 0 Å². The van der Waals surface area contributed by atoms with Crippen molar-refractivity contribution >= 4 is 17.7 Å². The van der Waals surface area contributed by atoms with Crippen LogP contribution in [0.15, 0.2) is 48.5 Å². The lowest BCUT2D eigenvalue weighted by molar-refractivity contribution is 0.0655. The van der Waals surface area contributed by atoms with Crippen LogP contribution < -0.4 is 0 Å². The molecule has 1 aliphatic rings. The van der Waals surface area contributed by atoms with Gasteiger partial charge in [-0.3, -0.25) is 19.3 Å². The van der Waals surface area contributed by atoms with E-state index in [0.717, 1.165) is 18.4 Å². The number of fused-ring (bicyclic) bond motifs is 1. The van der Waals surface area contributed by atoms with Gasteiger partial charge in [0.15, 0.2) is 0 Å². The first-order chi connectivity index (χ1) is 13.6. The number of carbonyl (C=O) groups excluding carboxylic acids is 3. The van der Waals surface area contributed by atoms with Gasteiger partial charge in [0.05, 0.1) is 11.1 Å². The van der Waals surface area contributed by atoms with Crippen LogP contribution in [-0.4, -0.2) is 47.2 Å². The Labute approximate surface area is 166 Å².